The second-order valence-electron chi connectivity index (χ2n) is 5.85. The highest BCUT2D eigenvalue weighted by Gasteiger charge is 2.32. The van der Waals surface area contributed by atoms with Gasteiger partial charge in [-0.15, -0.1) is 0 Å². The molecule has 2 rings (SSSR count). The molecule has 1 aliphatic heterocycles. The molecule has 0 saturated carbocycles. The van der Waals surface area contributed by atoms with Crippen LogP contribution in [0.15, 0.2) is 18.3 Å². The van der Waals surface area contributed by atoms with Gasteiger partial charge < -0.3 is 10.2 Å². The van der Waals surface area contributed by atoms with Crippen LogP contribution in [-0.2, 0) is 11.0 Å². The quantitative estimate of drug-likeness (QED) is 0.933. The van der Waals surface area contributed by atoms with Gasteiger partial charge in [-0.2, -0.15) is 13.2 Å². The molecule has 0 spiro atoms. The fourth-order valence-electron chi connectivity index (χ4n) is 2.44. The van der Waals surface area contributed by atoms with Crippen LogP contribution >= 0.6 is 0 Å². The molecular weight excluding hydrogens is 295 g/mol. The van der Waals surface area contributed by atoms with Crippen LogP contribution < -0.4 is 10.2 Å². The molecule has 1 saturated heterocycles. The van der Waals surface area contributed by atoms with Gasteiger partial charge in [-0.1, -0.05) is 13.8 Å². The zero-order valence-corrected chi connectivity index (χ0v) is 12.7. The molecule has 122 valence electrons. The summed E-state index contributed by atoms with van der Waals surface area (Å²) in [6, 6.07) is 1.97. The number of carbonyl (C=O) groups excluding carboxylic acids is 1. The fourth-order valence-corrected chi connectivity index (χ4v) is 2.44. The maximum atomic E-state index is 12.8. The molecule has 1 N–H and O–H groups in total. The van der Waals surface area contributed by atoms with Crippen molar-refractivity contribution < 1.29 is 18.0 Å². The van der Waals surface area contributed by atoms with E-state index in [1.54, 1.807) is 4.90 Å². The van der Waals surface area contributed by atoms with Crippen molar-refractivity contribution >= 4 is 11.7 Å². The van der Waals surface area contributed by atoms with E-state index in [4.69, 9.17) is 0 Å². The molecule has 7 heteroatoms. The Labute approximate surface area is 127 Å². The summed E-state index contributed by atoms with van der Waals surface area (Å²) in [6.45, 7) is 4.74. The standard InChI is InChI=1S/C15H20F3N3O/c1-10(2)14(22)20-12-4-3-7-21(9-12)13-8-11(5-6-19-13)15(16,17)18/h5-6,8,10,12H,3-4,7,9H2,1-2H3,(H,20,22)/t12-/m0/s1. The van der Waals surface area contributed by atoms with Crippen molar-refractivity contribution in [2.24, 2.45) is 5.92 Å². The summed E-state index contributed by atoms with van der Waals surface area (Å²) in [5, 5.41) is 2.93. The first-order valence-electron chi connectivity index (χ1n) is 7.36. The molecule has 1 fully saturated rings. The molecule has 22 heavy (non-hydrogen) atoms. The van der Waals surface area contributed by atoms with E-state index < -0.39 is 11.7 Å². The number of halogens is 3. The third kappa shape index (κ3) is 4.11. The van der Waals surface area contributed by atoms with E-state index in [2.05, 4.69) is 10.3 Å². The Morgan fingerprint density at radius 2 is 2.18 bits per heavy atom. The average Bonchev–Trinajstić information content (AvgIpc) is 2.46. The summed E-state index contributed by atoms with van der Waals surface area (Å²) in [5.41, 5.74) is -0.703. The first-order valence-corrected chi connectivity index (χ1v) is 7.36. The van der Waals surface area contributed by atoms with Crippen molar-refractivity contribution in [2.75, 3.05) is 18.0 Å². The van der Waals surface area contributed by atoms with E-state index in [-0.39, 0.29) is 17.9 Å². The molecule has 4 nitrogen and oxygen atoms in total. The van der Waals surface area contributed by atoms with E-state index in [0.29, 0.717) is 18.9 Å². The molecule has 0 aliphatic carbocycles. The van der Waals surface area contributed by atoms with Crippen molar-refractivity contribution in [2.45, 2.75) is 38.9 Å². The predicted molar refractivity (Wildman–Crippen MR) is 77.5 cm³/mol. The van der Waals surface area contributed by atoms with Gasteiger partial charge in [-0.3, -0.25) is 4.79 Å². The number of carbonyl (C=O) groups is 1. The van der Waals surface area contributed by atoms with Crippen LogP contribution in [0.1, 0.15) is 32.3 Å². The second kappa shape index (κ2) is 6.54. The first-order chi connectivity index (χ1) is 10.3. The average molecular weight is 315 g/mol. The number of nitrogens with zero attached hydrogens (tertiary/aromatic N) is 2. The van der Waals surface area contributed by atoms with Crippen LogP contribution in [0.2, 0.25) is 0 Å². The van der Waals surface area contributed by atoms with E-state index in [9.17, 15) is 18.0 Å². The SMILES string of the molecule is CC(C)C(=O)N[C@H]1CCCN(c2cc(C(F)(F)F)ccn2)C1. The van der Waals surface area contributed by atoms with Gasteiger partial charge in [0.25, 0.3) is 0 Å². The van der Waals surface area contributed by atoms with Crippen molar-refractivity contribution in [3.63, 3.8) is 0 Å². The normalized spacial score (nSPS) is 19.4. The van der Waals surface area contributed by atoms with Crippen molar-refractivity contribution in [3.8, 4) is 0 Å². The van der Waals surface area contributed by atoms with Crippen LogP contribution in [0, 0.1) is 5.92 Å². The highest BCUT2D eigenvalue weighted by atomic mass is 19.4. The van der Waals surface area contributed by atoms with E-state index in [0.717, 1.165) is 25.0 Å². The van der Waals surface area contributed by atoms with Crippen LogP contribution in [0.4, 0.5) is 19.0 Å². The second-order valence-corrected chi connectivity index (χ2v) is 5.85. The predicted octanol–water partition coefficient (Wildman–Crippen LogP) is 2.84. The number of rotatable bonds is 3. The molecule has 1 aromatic heterocycles. The Morgan fingerprint density at radius 3 is 2.82 bits per heavy atom. The Bertz CT molecular complexity index is 531. The highest BCUT2D eigenvalue weighted by Crippen LogP contribution is 2.31. The number of alkyl halides is 3. The van der Waals surface area contributed by atoms with Gasteiger partial charge >= 0.3 is 6.18 Å². The molecule has 1 amide bonds. The van der Waals surface area contributed by atoms with Crippen molar-refractivity contribution in [3.05, 3.63) is 23.9 Å². The topological polar surface area (TPSA) is 45.2 Å². The summed E-state index contributed by atoms with van der Waals surface area (Å²) >= 11 is 0. The number of nitrogens with one attached hydrogen (secondary N) is 1. The fraction of sp³-hybridized carbons (Fsp3) is 0.600. The lowest BCUT2D eigenvalue weighted by molar-refractivity contribution is -0.137. The minimum absolute atomic E-state index is 0.0381. The third-order valence-corrected chi connectivity index (χ3v) is 3.69. The largest absolute Gasteiger partial charge is 0.416 e. The summed E-state index contributed by atoms with van der Waals surface area (Å²) < 4.78 is 38.3. The van der Waals surface area contributed by atoms with Gasteiger partial charge in [-0.05, 0) is 25.0 Å². The minimum Gasteiger partial charge on any atom is -0.355 e. The van der Waals surface area contributed by atoms with Gasteiger partial charge in [-0.25, -0.2) is 4.98 Å². The summed E-state index contributed by atoms with van der Waals surface area (Å²) in [6.07, 6.45) is -1.57. The number of piperidine rings is 1. The molecule has 0 aromatic carbocycles. The number of amides is 1. The summed E-state index contributed by atoms with van der Waals surface area (Å²) in [4.78, 5) is 17.6. The van der Waals surface area contributed by atoms with Gasteiger partial charge in [0.2, 0.25) is 5.91 Å². The van der Waals surface area contributed by atoms with Crippen molar-refractivity contribution in [1.29, 1.82) is 0 Å². The molecule has 2 heterocycles. The van der Waals surface area contributed by atoms with E-state index >= 15 is 0 Å². The minimum atomic E-state index is -4.38. The van der Waals surface area contributed by atoms with Crippen LogP contribution in [0.3, 0.4) is 0 Å². The maximum Gasteiger partial charge on any atom is 0.416 e. The van der Waals surface area contributed by atoms with Crippen molar-refractivity contribution in [1.82, 2.24) is 10.3 Å². The number of aromatic nitrogens is 1. The third-order valence-electron chi connectivity index (χ3n) is 3.69. The smallest absolute Gasteiger partial charge is 0.355 e. The monoisotopic (exact) mass is 315 g/mol. The highest BCUT2D eigenvalue weighted by molar-refractivity contribution is 5.78. The van der Waals surface area contributed by atoms with Crippen LogP contribution in [0.5, 0.6) is 0 Å². The maximum absolute atomic E-state index is 12.8. The lowest BCUT2D eigenvalue weighted by atomic mass is 10.0. The first kappa shape index (κ1) is 16.6. The molecule has 1 aromatic rings. The molecule has 0 bridgehead atoms. The number of hydrogen-bond donors (Lipinski definition) is 1. The van der Waals surface area contributed by atoms with Gasteiger partial charge in [0.1, 0.15) is 5.82 Å². The number of anilines is 1. The summed E-state index contributed by atoms with van der Waals surface area (Å²) in [7, 11) is 0. The molecule has 0 unspecified atom stereocenters. The summed E-state index contributed by atoms with van der Waals surface area (Å²) in [5.74, 6) is 0.157. The lowest BCUT2D eigenvalue weighted by Crippen LogP contribution is -2.49. The van der Waals surface area contributed by atoms with Gasteiger partial charge in [0.05, 0.1) is 5.56 Å². The van der Waals surface area contributed by atoms with E-state index in [1.807, 2.05) is 13.8 Å². The molecule has 0 radical (unpaired) electrons. The molecule has 1 atom stereocenters. The van der Waals surface area contributed by atoms with Gasteiger partial charge in [0.15, 0.2) is 0 Å². The zero-order valence-electron chi connectivity index (χ0n) is 12.7. The molecule has 1 aliphatic rings. The molecular formula is C15H20F3N3O. The lowest BCUT2D eigenvalue weighted by Gasteiger charge is -2.34. The Hall–Kier alpha value is -1.79. The number of pyridine rings is 1. The van der Waals surface area contributed by atoms with E-state index in [1.165, 1.54) is 6.20 Å². The Kier molecular flexibility index (Phi) is 4.93. The van der Waals surface area contributed by atoms with Crippen LogP contribution in [-0.4, -0.2) is 30.0 Å². The Morgan fingerprint density at radius 1 is 1.45 bits per heavy atom. The van der Waals surface area contributed by atoms with Crippen LogP contribution in [0.25, 0.3) is 0 Å². The number of hydrogen-bond acceptors (Lipinski definition) is 3. The Balaban J connectivity index is 2.08. The zero-order chi connectivity index (χ0) is 16.3. The van der Waals surface area contributed by atoms with Gasteiger partial charge in [0, 0.05) is 31.2 Å².